The lowest BCUT2D eigenvalue weighted by molar-refractivity contribution is -0.126. The van der Waals surface area contributed by atoms with Crippen molar-refractivity contribution in [2.75, 3.05) is 6.61 Å². The Balaban J connectivity index is 1.40. The highest BCUT2D eigenvalue weighted by Gasteiger charge is 2.25. The van der Waals surface area contributed by atoms with Gasteiger partial charge in [-0.05, 0) is 46.1 Å². The molecule has 2 aromatic carbocycles. The predicted molar refractivity (Wildman–Crippen MR) is 82.8 cm³/mol. The van der Waals surface area contributed by atoms with Crippen molar-refractivity contribution in [2.24, 2.45) is 5.92 Å². The number of fused-ring (bicyclic) bond motifs is 2. The van der Waals surface area contributed by atoms with Gasteiger partial charge in [0.05, 0.1) is 5.92 Å². The fourth-order valence-electron chi connectivity index (χ4n) is 2.77. The van der Waals surface area contributed by atoms with E-state index in [4.69, 9.17) is 4.74 Å². The van der Waals surface area contributed by atoms with Gasteiger partial charge in [-0.2, -0.15) is 0 Å². The Kier molecular flexibility index (Phi) is 3.42. The summed E-state index contributed by atoms with van der Waals surface area (Å²) >= 11 is 0. The summed E-state index contributed by atoms with van der Waals surface area (Å²) < 4.78 is 10.3. The van der Waals surface area contributed by atoms with Crippen molar-refractivity contribution in [3.8, 4) is 5.75 Å². The average Bonchev–Trinajstić information content (AvgIpc) is 3.07. The van der Waals surface area contributed by atoms with Crippen LogP contribution in [0.4, 0.5) is 0 Å². The Bertz CT molecular complexity index is 859. The van der Waals surface area contributed by atoms with Gasteiger partial charge in [-0.25, -0.2) is 4.63 Å². The van der Waals surface area contributed by atoms with Gasteiger partial charge in [0.1, 0.15) is 23.4 Å². The first-order valence-electron chi connectivity index (χ1n) is 7.49. The summed E-state index contributed by atoms with van der Waals surface area (Å²) in [6.45, 7) is 0.856. The van der Waals surface area contributed by atoms with Gasteiger partial charge >= 0.3 is 0 Å². The van der Waals surface area contributed by atoms with Gasteiger partial charge in [-0.1, -0.05) is 24.3 Å². The molecule has 0 fully saturated rings. The summed E-state index contributed by atoms with van der Waals surface area (Å²) in [4.78, 5) is 12.4. The zero-order valence-corrected chi connectivity index (χ0v) is 12.4. The van der Waals surface area contributed by atoms with E-state index in [1.54, 1.807) is 0 Å². The lowest BCUT2D eigenvalue weighted by atomic mass is 9.96. The summed E-state index contributed by atoms with van der Waals surface area (Å²) in [7, 11) is 0. The number of rotatable bonds is 3. The average molecular weight is 309 g/mol. The number of nitrogens with one attached hydrogen (secondary N) is 1. The van der Waals surface area contributed by atoms with Gasteiger partial charge in [-0.15, -0.1) is 0 Å². The number of nitrogens with zero attached hydrogens (tertiary/aromatic N) is 2. The minimum atomic E-state index is -0.164. The molecule has 0 saturated carbocycles. The molecule has 116 valence electrons. The van der Waals surface area contributed by atoms with Crippen molar-refractivity contribution in [1.29, 1.82) is 0 Å². The smallest absolute Gasteiger partial charge is 0.227 e. The zero-order valence-electron chi connectivity index (χ0n) is 12.4. The summed E-state index contributed by atoms with van der Waals surface area (Å²) in [6, 6.07) is 13.4. The highest BCUT2D eigenvalue weighted by molar-refractivity contribution is 5.80. The lowest BCUT2D eigenvalue weighted by Crippen LogP contribution is -2.37. The Morgan fingerprint density at radius 3 is 3.00 bits per heavy atom. The van der Waals surface area contributed by atoms with Gasteiger partial charge < -0.3 is 10.1 Å². The van der Waals surface area contributed by atoms with Gasteiger partial charge in [0.2, 0.25) is 5.91 Å². The molecule has 0 spiro atoms. The van der Waals surface area contributed by atoms with Crippen LogP contribution >= 0.6 is 0 Å². The summed E-state index contributed by atoms with van der Waals surface area (Å²) in [5, 5.41) is 10.5. The van der Waals surface area contributed by atoms with Crippen LogP contribution in [-0.4, -0.2) is 22.8 Å². The molecule has 1 aliphatic heterocycles. The largest absolute Gasteiger partial charge is 0.492 e. The molecule has 0 unspecified atom stereocenters. The molecule has 1 N–H and O–H groups in total. The summed E-state index contributed by atoms with van der Waals surface area (Å²) in [5.41, 5.74) is 3.43. The first kappa shape index (κ1) is 13.8. The zero-order chi connectivity index (χ0) is 15.6. The molecule has 23 heavy (non-hydrogen) atoms. The molecule has 0 radical (unpaired) electrons. The monoisotopic (exact) mass is 309 g/mol. The van der Waals surface area contributed by atoms with E-state index in [2.05, 4.69) is 20.3 Å². The van der Waals surface area contributed by atoms with Gasteiger partial charge in [0, 0.05) is 6.54 Å². The number of para-hydroxylation sites is 1. The van der Waals surface area contributed by atoms with Gasteiger partial charge in [0.25, 0.3) is 0 Å². The Morgan fingerprint density at radius 2 is 2.04 bits per heavy atom. The predicted octanol–water partition coefficient (Wildman–Crippen LogP) is 2.09. The third kappa shape index (κ3) is 2.75. The Morgan fingerprint density at radius 1 is 1.17 bits per heavy atom. The van der Waals surface area contributed by atoms with E-state index < -0.39 is 0 Å². The van der Waals surface area contributed by atoms with Crippen molar-refractivity contribution < 1.29 is 14.2 Å². The highest BCUT2D eigenvalue weighted by atomic mass is 16.6. The van der Waals surface area contributed by atoms with Gasteiger partial charge in [0.15, 0.2) is 0 Å². The molecular formula is C17H15N3O3. The molecule has 1 aromatic heterocycles. The van der Waals surface area contributed by atoms with Crippen LogP contribution in [0.5, 0.6) is 5.75 Å². The van der Waals surface area contributed by atoms with Crippen LogP contribution in [0.15, 0.2) is 47.1 Å². The quantitative estimate of drug-likeness (QED) is 0.801. The molecular weight excluding hydrogens is 294 g/mol. The van der Waals surface area contributed by atoms with E-state index in [-0.39, 0.29) is 11.8 Å². The maximum atomic E-state index is 12.4. The SMILES string of the molecule is O=C(NCc1ccc2nonc2c1)[C@@H]1COc2ccccc2C1. The topological polar surface area (TPSA) is 77.3 Å². The Labute approximate surface area is 132 Å². The number of benzene rings is 2. The second-order valence-electron chi connectivity index (χ2n) is 5.62. The Hall–Kier alpha value is -2.89. The maximum absolute atomic E-state index is 12.4. The summed E-state index contributed by atoms with van der Waals surface area (Å²) in [5.74, 6) is 0.709. The lowest BCUT2D eigenvalue weighted by Gasteiger charge is -2.24. The molecule has 1 aliphatic rings. The minimum absolute atomic E-state index is 0.00196. The molecule has 3 aromatic rings. The molecule has 6 heteroatoms. The van der Waals surface area contributed by atoms with Crippen LogP contribution in [0.25, 0.3) is 11.0 Å². The van der Waals surface area contributed by atoms with Crippen molar-refractivity contribution in [2.45, 2.75) is 13.0 Å². The minimum Gasteiger partial charge on any atom is -0.492 e. The van der Waals surface area contributed by atoms with E-state index >= 15 is 0 Å². The second-order valence-corrected chi connectivity index (χ2v) is 5.62. The number of hydrogen-bond donors (Lipinski definition) is 1. The fraction of sp³-hybridized carbons (Fsp3) is 0.235. The van der Waals surface area contributed by atoms with Crippen molar-refractivity contribution >= 4 is 16.9 Å². The van der Waals surface area contributed by atoms with Crippen LogP contribution in [0, 0.1) is 5.92 Å². The van der Waals surface area contributed by atoms with Crippen LogP contribution < -0.4 is 10.1 Å². The normalized spacial score (nSPS) is 16.6. The van der Waals surface area contributed by atoms with E-state index in [0.29, 0.717) is 30.6 Å². The van der Waals surface area contributed by atoms with Crippen molar-refractivity contribution in [3.05, 3.63) is 53.6 Å². The number of carbonyl (C=O) groups excluding carboxylic acids is 1. The maximum Gasteiger partial charge on any atom is 0.227 e. The molecule has 2 heterocycles. The molecule has 1 atom stereocenters. The molecule has 4 rings (SSSR count). The van der Waals surface area contributed by atoms with Crippen molar-refractivity contribution in [3.63, 3.8) is 0 Å². The molecule has 0 aliphatic carbocycles. The molecule has 0 bridgehead atoms. The van der Waals surface area contributed by atoms with Crippen LogP contribution in [-0.2, 0) is 17.8 Å². The standard InChI is InChI=1S/C17H15N3O3/c21-17(13-8-12-3-1-2-4-16(12)22-10-13)18-9-11-5-6-14-15(7-11)20-23-19-14/h1-7,13H,8-10H2,(H,18,21)/t13-/m0/s1. The first-order chi connectivity index (χ1) is 11.3. The number of carbonyl (C=O) groups is 1. The first-order valence-corrected chi connectivity index (χ1v) is 7.49. The third-order valence-electron chi connectivity index (χ3n) is 4.03. The fourth-order valence-corrected chi connectivity index (χ4v) is 2.77. The number of hydrogen-bond acceptors (Lipinski definition) is 5. The molecule has 1 amide bonds. The van der Waals surface area contributed by atoms with Crippen LogP contribution in [0.3, 0.4) is 0 Å². The number of aromatic nitrogens is 2. The summed E-state index contributed by atoms with van der Waals surface area (Å²) in [6.07, 6.45) is 0.703. The van der Waals surface area contributed by atoms with E-state index in [0.717, 1.165) is 16.9 Å². The molecule has 6 nitrogen and oxygen atoms in total. The van der Waals surface area contributed by atoms with Crippen LogP contribution in [0.1, 0.15) is 11.1 Å². The van der Waals surface area contributed by atoms with E-state index in [9.17, 15) is 4.79 Å². The van der Waals surface area contributed by atoms with Crippen LogP contribution in [0.2, 0.25) is 0 Å². The van der Waals surface area contributed by atoms with Gasteiger partial charge in [-0.3, -0.25) is 4.79 Å². The number of amides is 1. The highest BCUT2D eigenvalue weighted by Crippen LogP contribution is 2.26. The third-order valence-corrected chi connectivity index (χ3v) is 4.03. The second kappa shape index (κ2) is 5.72. The van der Waals surface area contributed by atoms with E-state index in [1.807, 2.05) is 42.5 Å². The number of ether oxygens (including phenoxy) is 1. The van der Waals surface area contributed by atoms with E-state index in [1.165, 1.54) is 0 Å². The molecule has 0 saturated heterocycles. The van der Waals surface area contributed by atoms with Crippen molar-refractivity contribution in [1.82, 2.24) is 15.6 Å².